The maximum Gasteiger partial charge on any atom is 0.0980 e. The van der Waals surface area contributed by atoms with Crippen LogP contribution in [0.1, 0.15) is 27.7 Å². The van der Waals surface area contributed by atoms with Gasteiger partial charge in [-0.25, -0.2) is 0 Å². The zero-order valence-electron chi connectivity index (χ0n) is 21.7. The Kier molecular flexibility index (Phi) is 30.9. The van der Waals surface area contributed by atoms with Crippen molar-refractivity contribution in [2.75, 3.05) is 53.2 Å². The number of hydrogen-bond donors (Lipinski definition) is 0. The van der Waals surface area contributed by atoms with E-state index in [2.05, 4.69) is 205 Å². The molecular weight excluding hydrogens is 753 g/mol. The molecule has 1 heterocycles. The standard InChI is InChI=1S/C20H40S16/c1-15-23-9-24-16(2)26-11-28-18(4)30-13-34-20(32-8-22-6)36-14-35-19(31-7-21-5)33-12-29-17(3)27-10-25-15/h15-20H,7-14H2,1-6H3. The highest BCUT2D eigenvalue weighted by atomic mass is 32.3. The molecule has 1 aliphatic heterocycles. The van der Waals surface area contributed by atoms with Crippen LogP contribution in [0, 0.1) is 0 Å². The van der Waals surface area contributed by atoms with E-state index in [0.29, 0.717) is 26.2 Å². The zero-order chi connectivity index (χ0) is 26.4. The van der Waals surface area contributed by atoms with E-state index in [9.17, 15) is 0 Å². The Morgan fingerprint density at radius 3 is 0.889 bits per heavy atom. The number of rotatable bonds is 6. The van der Waals surface area contributed by atoms with Crippen LogP contribution in [0.4, 0.5) is 0 Å². The molecule has 1 fully saturated rings. The quantitative estimate of drug-likeness (QED) is 0.234. The van der Waals surface area contributed by atoms with Gasteiger partial charge in [-0.05, 0) is 40.2 Å². The van der Waals surface area contributed by atoms with Crippen molar-refractivity contribution >= 4 is 188 Å². The van der Waals surface area contributed by atoms with Gasteiger partial charge < -0.3 is 0 Å². The topological polar surface area (TPSA) is 0 Å². The van der Waals surface area contributed by atoms with Gasteiger partial charge in [0.1, 0.15) is 0 Å². The fraction of sp³-hybridized carbons (Fsp3) is 1.00. The number of thioether (sulfide) groups is 16. The van der Waals surface area contributed by atoms with Gasteiger partial charge in [0.2, 0.25) is 0 Å². The van der Waals surface area contributed by atoms with E-state index in [1.165, 1.54) is 40.7 Å². The minimum atomic E-state index is 0.644. The van der Waals surface area contributed by atoms with E-state index < -0.39 is 0 Å². The summed E-state index contributed by atoms with van der Waals surface area (Å²) < 4.78 is 4.00. The molecule has 0 aromatic heterocycles. The molecule has 0 radical (unpaired) electrons. The Morgan fingerprint density at radius 1 is 0.417 bits per heavy atom. The van der Waals surface area contributed by atoms with Gasteiger partial charge in [0.25, 0.3) is 0 Å². The second-order valence-electron chi connectivity index (χ2n) is 6.70. The average Bonchev–Trinajstić information content (AvgIpc) is 2.84. The van der Waals surface area contributed by atoms with E-state index in [1.807, 2.05) is 23.5 Å². The molecule has 16 heteroatoms. The summed E-state index contributed by atoms with van der Waals surface area (Å²) in [5, 5.41) is 9.59. The Bertz CT molecular complexity index is 449. The lowest BCUT2D eigenvalue weighted by molar-refractivity contribution is 1.41. The van der Waals surface area contributed by atoms with Gasteiger partial charge in [0.15, 0.2) is 0 Å². The summed E-state index contributed by atoms with van der Waals surface area (Å²) in [5.41, 5.74) is 0. The van der Waals surface area contributed by atoms with Crippen LogP contribution in [-0.2, 0) is 0 Å². The number of hydrogen-bond acceptors (Lipinski definition) is 16. The SMILES string of the molecule is CSCSC1SCSC(C)SCSC(C)SCSC(C)SCSC(C)SCSC(SCSC)SCS1. The predicted molar refractivity (Wildman–Crippen MR) is 218 cm³/mol. The van der Waals surface area contributed by atoms with Crippen LogP contribution in [0.2, 0.25) is 0 Å². The third-order valence-corrected chi connectivity index (χ3v) is 26.9. The fourth-order valence-corrected chi connectivity index (χ4v) is 27.6. The Balaban J connectivity index is 2.61. The van der Waals surface area contributed by atoms with E-state index in [0.717, 1.165) is 0 Å². The van der Waals surface area contributed by atoms with Crippen LogP contribution in [0.15, 0.2) is 0 Å². The lowest BCUT2D eigenvalue weighted by Gasteiger charge is -2.20. The first-order chi connectivity index (χ1) is 17.4. The smallest absolute Gasteiger partial charge is 0.0980 e. The van der Waals surface area contributed by atoms with Gasteiger partial charge in [-0.1, -0.05) is 0 Å². The fourth-order valence-electron chi connectivity index (χ4n) is 1.95. The van der Waals surface area contributed by atoms with Crippen molar-refractivity contribution in [3.63, 3.8) is 0 Å². The summed E-state index contributed by atoms with van der Waals surface area (Å²) in [5.74, 6) is 0. The molecule has 0 N–H and O–H groups in total. The van der Waals surface area contributed by atoms with Gasteiger partial charge >= 0.3 is 0 Å². The lowest BCUT2D eigenvalue weighted by atomic mass is 11.0. The van der Waals surface area contributed by atoms with Crippen LogP contribution < -0.4 is 0 Å². The zero-order valence-corrected chi connectivity index (χ0v) is 34.7. The van der Waals surface area contributed by atoms with E-state index in [1.54, 1.807) is 0 Å². The highest BCUT2D eigenvalue weighted by molar-refractivity contribution is 8.43. The molecule has 1 saturated heterocycles. The van der Waals surface area contributed by atoms with Crippen LogP contribution in [0.5, 0.6) is 0 Å². The Morgan fingerprint density at radius 2 is 0.639 bits per heavy atom. The highest BCUT2D eigenvalue weighted by Crippen LogP contribution is 2.45. The minimum absolute atomic E-state index is 0.644. The van der Waals surface area contributed by atoms with Crippen LogP contribution in [-0.4, -0.2) is 79.3 Å². The highest BCUT2D eigenvalue weighted by Gasteiger charge is 2.17. The largest absolute Gasteiger partial charge is 0.154 e. The van der Waals surface area contributed by atoms with Crippen molar-refractivity contribution in [2.24, 2.45) is 0 Å². The third-order valence-electron chi connectivity index (χ3n) is 3.88. The molecular formula is C20H40S16. The van der Waals surface area contributed by atoms with Crippen molar-refractivity contribution in [3.8, 4) is 0 Å². The summed E-state index contributed by atoms with van der Waals surface area (Å²) in [6.07, 6.45) is 4.45. The molecule has 0 aromatic rings. The summed E-state index contributed by atoms with van der Waals surface area (Å²) in [6, 6.07) is 0. The summed E-state index contributed by atoms with van der Waals surface area (Å²) in [7, 11) is 0. The van der Waals surface area contributed by atoms with Crippen molar-refractivity contribution < 1.29 is 0 Å². The molecule has 0 nitrogen and oxygen atoms in total. The first kappa shape index (κ1) is 39.6. The van der Waals surface area contributed by atoms with Crippen molar-refractivity contribution in [2.45, 2.75) is 53.9 Å². The van der Waals surface area contributed by atoms with Gasteiger partial charge in [0, 0.05) is 59.0 Å². The first-order valence-corrected chi connectivity index (χ1v) is 28.5. The Labute approximate surface area is 291 Å². The van der Waals surface area contributed by atoms with Gasteiger partial charge in [-0.15, -0.1) is 165 Å². The summed E-state index contributed by atoms with van der Waals surface area (Å²) in [4.78, 5) is 0. The molecule has 216 valence electrons. The van der Waals surface area contributed by atoms with Gasteiger partial charge in [-0.2, -0.15) is 23.5 Å². The minimum Gasteiger partial charge on any atom is -0.154 e. The molecule has 0 amide bonds. The monoisotopic (exact) mass is 792 g/mol. The molecule has 1 aliphatic rings. The lowest BCUT2D eigenvalue weighted by Crippen LogP contribution is -2.00. The van der Waals surface area contributed by atoms with E-state index in [4.69, 9.17) is 0 Å². The van der Waals surface area contributed by atoms with Crippen LogP contribution in [0.25, 0.3) is 0 Å². The molecule has 6 unspecified atom stereocenters. The first-order valence-electron chi connectivity index (χ1n) is 11.0. The van der Waals surface area contributed by atoms with Gasteiger partial charge in [-0.3, -0.25) is 0 Å². The maximum atomic E-state index is 2.39. The second kappa shape index (κ2) is 28.1. The summed E-state index contributed by atoms with van der Waals surface area (Å²) >= 11 is 33.8. The molecule has 0 aromatic carbocycles. The normalized spacial score (nSPS) is 32.5. The second-order valence-corrected chi connectivity index (χ2v) is 31.5. The molecule has 36 heavy (non-hydrogen) atoms. The van der Waals surface area contributed by atoms with Gasteiger partial charge in [0.05, 0.1) is 7.83 Å². The van der Waals surface area contributed by atoms with Crippen molar-refractivity contribution in [3.05, 3.63) is 0 Å². The van der Waals surface area contributed by atoms with Crippen LogP contribution in [0.3, 0.4) is 0 Å². The maximum absolute atomic E-state index is 2.39. The van der Waals surface area contributed by atoms with E-state index >= 15 is 0 Å². The molecule has 0 saturated carbocycles. The van der Waals surface area contributed by atoms with Crippen LogP contribution >= 0.6 is 188 Å². The predicted octanol–water partition coefficient (Wildman–Crippen LogP) is 12.6. The molecule has 0 bridgehead atoms. The third kappa shape index (κ3) is 24.0. The van der Waals surface area contributed by atoms with E-state index in [-0.39, 0.29) is 0 Å². The average molecular weight is 794 g/mol. The molecule has 6 atom stereocenters. The molecule has 1 rings (SSSR count). The van der Waals surface area contributed by atoms with Crippen molar-refractivity contribution in [1.82, 2.24) is 0 Å². The Hall–Kier alpha value is 5.60. The van der Waals surface area contributed by atoms with Crippen molar-refractivity contribution in [1.29, 1.82) is 0 Å². The molecule has 0 aliphatic carbocycles. The molecule has 0 spiro atoms. The summed E-state index contributed by atoms with van der Waals surface area (Å²) in [6.45, 7) is 9.54.